The van der Waals surface area contributed by atoms with Crippen molar-refractivity contribution in [3.63, 3.8) is 0 Å². The molecule has 0 unspecified atom stereocenters. The molecule has 0 amide bonds. The number of fused-ring (bicyclic) bond motifs is 3. The Balaban J connectivity index is 1.71. The minimum atomic E-state index is 0.109. The van der Waals surface area contributed by atoms with Crippen LogP contribution in [0.25, 0.3) is 16.6 Å². The van der Waals surface area contributed by atoms with Gasteiger partial charge in [0.15, 0.2) is 16.6 Å². The fourth-order valence-corrected chi connectivity index (χ4v) is 4.24. The average molecular weight is 354 g/mol. The second kappa shape index (κ2) is 5.99. The number of para-hydroxylation sites is 1. The number of ketones is 1. The Morgan fingerprint density at radius 2 is 2.00 bits per heavy atom. The first-order valence-electron chi connectivity index (χ1n) is 7.46. The van der Waals surface area contributed by atoms with Crippen LogP contribution in [0, 0.1) is 13.8 Å². The molecule has 0 atom stereocenters. The Hall–Kier alpha value is -2.25. The summed E-state index contributed by atoms with van der Waals surface area (Å²) in [5.74, 6) is 1.13. The quantitative estimate of drug-likeness (QED) is 0.316. The molecule has 0 aliphatic carbocycles. The highest BCUT2D eigenvalue weighted by Crippen LogP contribution is 2.25. The van der Waals surface area contributed by atoms with Crippen molar-refractivity contribution < 1.29 is 4.79 Å². The molecule has 0 N–H and O–H groups in total. The number of Topliss-reactive ketones (excluding diaryl/α,β-unsaturated/α-hetero) is 1. The minimum absolute atomic E-state index is 0.109. The summed E-state index contributed by atoms with van der Waals surface area (Å²) in [6.07, 6.45) is 0. The molecule has 1 aromatic carbocycles. The van der Waals surface area contributed by atoms with E-state index in [1.807, 2.05) is 50.2 Å². The lowest BCUT2D eigenvalue weighted by Crippen LogP contribution is -2.03. The molecular weight excluding hydrogens is 340 g/mol. The topological polar surface area (TPSA) is 60.2 Å². The molecule has 120 valence electrons. The van der Waals surface area contributed by atoms with E-state index < -0.39 is 0 Å². The third-order valence-corrected chi connectivity index (χ3v) is 5.57. The molecule has 24 heavy (non-hydrogen) atoms. The zero-order valence-electron chi connectivity index (χ0n) is 13.2. The van der Waals surface area contributed by atoms with Crippen LogP contribution in [0.4, 0.5) is 0 Å². The van der Waals surface area contributed by atoms with Gasteiger partial charge in [0.05, 0.1) is 16.1 Å². The summed E-state index contributed by atoms with van der Waals surface area (Å²) in [5.41, 5.74) is 1.64. The first-order chi connectivity index (χ1) is 11.6. The number of carbonyl (C=O) groups excluding carboxylic acids is 1. The monoisotopic (exact) mass is 354 g/mol. The first kappa shape index (κ1) is 15.3. The van der Waals surface area contributed by atoms with Crippen molar-refractivity contribution in [2.45, 2.75) is 19.0 Å². The number of aromatic nitrogens is 4. The smallest absolute Gasteiger partial charge is 0.192 e. The lowest BCUT2D eigenvalue weighted by Gasteiger charge is -2.05. The zero-order valence-corrected chi connectivity index (χ0v) is 14.8. The van der Waals surface area contributed by atoms with Crippen LogP contribution in [-0.4, -0.2) is 31.1 Å². The molecule has 0 fully saturated rings. The van der Waals surface area contributed by atoms with Gasteiger partial charge in [0.1, 0.15) is 5.82 Å². The van der Waals surface area contributed by atoms with Crippen molar-refractivity contribution in [2.75, 3.05) is 5.75 Å². The van der Waals surface area contributed by atoms with Gasteiger partial charge in [-0.05, 0) is 38.1 Å². The molecule has 5 nitrogen and oxygen atoms in total. The predicted octanol–water partition coefficient (Wildman–Crippen LogP) is 3.93. The SMILES string of the molecule is Cc1nc2c3ccccc3nc(SCC(=O)c3ccc(C)s3)n2n1. The number of benzene rings is 1. The summed E-state index contributed by atoms with van der Waals surface area (Å²) < 4.78 is 1.73. The Labute approximate surface area is 146 Å². The summed E-state index contributed by atoms with van der Waals surface area (Å²) in [7, 11) is 0. The summed E-state index contributed by atoms with van der Waals surface area (Å²) in [4.78, 5) is 23.4. The normalized spacial score (nSPS) is 11.4. The van der Waals surface area contributed by atoms with Gasteiger partial charge in [-0.1, -0.05) is 23.9 Å². The van der Waals surface area contributed by atoms with Crippen molar-refractivity contribution in [1.82, 2.24) is 19.6 Å². The first-order valence-corrected chi connectivity index (χ1v) is 9.26. The van der Waals surface area contributed by atoms with Crippen LogP contribution in [0.5, 0.6) is 0 Å². The highest BCUT2D eigenvalue weighted by Gasteiger charge is 2.15. The van der Waals surface area contributed by atoms with Crippen LogP contribution < -0.4 is 0 Å². The van der Waals surface area contributed by atoms with Crippen molar-refractivity contribution in [3.8, 4) is 0 Å². The highest BCUT2D eigenvalue weighted by molar-refractivity contribution is 7.99. The number of rotatable bonds is 4. The highest BCUT2D eigenvalue weighted by atomic mass is 32.2. The van der Waals surface area contributed by atoms with E-state index in [0.29, 0.717) is 16.7 Å². The number of hydrogen-bond donors (Lipinski definition) is 0. The van der Waals surface area contributed by atoms with E-state index in [9.17, 15) is 4.79 Å². The molecular formula is C17H14N4OS2. The van der Waals surface area contributed by atoms with Gasteiger partial charge in [-0.25, -0.2) is 9.97 Å². The van der Waals surface area contributed by atoms with E-state index >= 15 is 0 Å². The zero-order chi connectivity index (χ0) is 16.7. The Morgan fingerprint density at radius 1 is 1.17 bits per heavy atom. The molecule has 0 bridgehead atoms. The van der Waals surface area contributed by atoms with E-state index in [-0.39, 0.29) is 5.78 Å². The summed E-state index contributed by atoms with van der Waals surface area (Å²) in [6.45, 7) is 3.86. The van der Waals surface area contributed by atoms with Crippen LogP contribution in [0.3, 0.4) is 0 Å². The van der Waals surface area contributed by atoms with Gasteiger partial charge in [-0.3, -0.25) is 4.79 Å². The second-order valence-electron chi connectivity index (χ2n) is 5.43. The summed E-state index contributed by atoms with van der Waals surface area (Å²) in [5, 5.41) is 6.08. The number of thioether (sulfide) groups is 1. The summed E-state index contributed by atoms with van der Waals surface area (Å²) >= 11 is 2.92. The third kappa shape index (κ3) is 2.70. The fraction of sp³-hybridized carbons (Fsp3) is 0.176. The number of carbonyl (C=O) groups is 1. The largest absolute Gasteiger partial charge is 0.292 e. The van der Waals surface area contributed by atoms with Crippen LogP contribution in [-0.2, 0) is 0 Å². The van der Waals surface area contributed by atoms with E-state index in [1.54, 1.807) is 4.52 Å². The molecule has 4 aromatic rings. The molecule has 0 saturated heterocycles. The van der Waals surface area contributed by atoms with E-state index in [4.69, 9.17) is 0 Å². The van der Waals surface area contributed by atoms with Gasteiger partial charge in [0, 0.05) is 10.3 Å². The van der Waals surface area contributed by atoms with Gasteiger partial charge >= 0.3 is 0 Å². The standard InChI is InChI=1S/C17H14N4OS2/c1-10-7-8-15(24-10)14(22)9-23-17-19-13-6-4-3-5-12(13)16-18-11(2)20-21(16)17/h3-8H,9H2,1-2H3. The maximum absolute atomic E-state index is 12.4. The van der Waals surface area contributed by atoms with E-state index in [1.165, 1.54) is 23.1 Å². The van der Waals surface area contributed by atoms with Gasteiger partial charge in [-0.15, -0.1) is 16.4 Å². The number of thiophene rings is 1. The van der Waals surface area contributed by atoms with Crippen molar-refractivity contribution >= 4 is 45.4 Å². The number of hydrogen-bond acceptors (Lipinski definition) is 6. The lowest BCUT2D eigenvalue weighted by atomic mass is 10.2. The van der Waals surface area contributed by atoms with Gasteiger partial charge in [0.2, 0.25) is 0 Å². The number of nitrogens with zero attached hydrogens (tertiary/aromatic N) is 4. The van der Waals surface area contributed by atoms with Crippen LogP contribution in [0.2, 0.25) is 0 Å². The van der Waals surface area contributed by atoms with Crippen LogP contribution >= 0.6 is 23.1 Å². The Morgan fingerprint density at radius 3 is 2.79 bits per heavy atom. The van der Waals surface area contributed by atoms with E-state index in [0.717, 1.165) is 26.3 Å². The van der Waals surface area contributed by atoms with Crippen molar-refractivity contribution in [3.05, 3.63) is 52.0 Å². The molecule has 0 aliphatic heterocycles. The van der Waals surface area contributed by atoms with Crippen LogP contribution in [0.1, 0.15) is 20.4 Å². The van der Waals surface area contributed by atoms with Gasteiger partial charge in [-0.2, -0.15) is 4.52 Å². The Bertz CT molecular complexity index is 1070. The van der Waals surface area contributed by atoms with Gasteiger partial charge in [0.25, 0.3) is 0 Å². The average Bonchev–Trinajstić information content (AvgIpc) is 3.18. The lowest BCUT2D eigenvalue weighted by molar-refractivity contribution is 0.102. The molecule has 3 aromatic heterocycles. The molecule has 4 rings (SSSR count). The molecule has 0 saturated carbocycles. The van der Waals surface area contributed by atoms with Gasteiger partial charge < -0.3 is 0 Å². The van der Waals surface area contributed by atoms with E-state index in [2.05, 4.69) is 15.1 Å². The van der Waals surface area contributed by atoms with Crippen molar-refractivity contribution in [2.24, 2.45) is 0 Å². The summed E-state index contributed by atoms with van der Waals surface area (Å²) in [6, 6.07) is 11.7. The maximum atomic E-state index is 12.4. The van der Waals surface area contributed by atoms with Crippen molar-refractivity contribution in [1.29, 1.82) is 0 Å². The Kier molecular flexibility index (Phi) is 3.82. The molecule has 0 radical (unpaired) electrons. The molecule has 3 heterocycles. The molecule has 0 aliphatic rings. The maximum Gasteiger partial charge on any atom is 0.192 e. The predicted molar refractivity (Wildman–Crippen MR) is 97.1 cm³/mol. The van der Waals surface area contributed by atoms with Crippen LogP contribution in [0.15, 0.2) is 41.6 Å². The molecule has 0 spiro atoms. The second-order valence-corrected chi connectivity index (χ2v) is 7.66. The third-order valence-electron chi connectivity index (χ3n) is 3.60. The fourth-order valence-electron chi connectivity index (χ4n) is 2.51. The minimum Gasteiger partial charge on any atom is -0.292 e. The molecule has 7 heteroatoms. The number of aryl methyl sites for hydroxylation is 2.